The van der Waals surface area contributed by atoms with Crippen LogP contribution in [0, 0.1) is 5.92 Å². The molecule has 120 valence electrons. The van der Waals surface area contributed by atoms with Gasteiger partial charge in [-0.2, -0.15) is 17.0 Å². The molecule has 3 aliphatic heterocycles. The molecule has 8 heteroatoms. The maximum atomic E-state index is 12.5. The Balaban J connectivity index is 1.72. The Morgan fingerprint density at radius 3 is 2.48 bits per heavy atom. The lowest BCUT2D eigenvalue weighted by Gasteiger charge is -2.33. The Kier molecular flexibility index (Phi) is 3.98. The van der Waals surface area contributed by atoms with Crippen LogP contribution in [-0.4, -0.2) is 80.3 Å². The monoisotopic (exact) mass is 317 g/mol. The molecule has 3 rings (SSSR count). The summed E-state index contributed by atoms with van der Waals surface area (Å²) >= 11 is 0. The van der Waals surface area contributed by atoms with Crippen LogP contribution in [0.2, 0.25) is 0 Å². The number of hydrogen-bond acceptors (Lipinski definition) is 4. The number of rotatable bonds is 3. The van der Waals surface area contributed by atoms with Crippen molar-refractivity contribution in [3.8, 4) is 0 Å². The highest BCUT2D eigenvalue weighted by molar-refractivity contribution is 7.86. The van der Waals surface area contributed by atoms with Gasteiger partial charge in [0.1, 0.15) is 0 Å². The van der Waals surface area contributed by atoms with E-state index >= 15 is 0 Å². The average molecular weight is 317 g/mol. The van der Waals surface area contributed by atoms with Crippen LogP contribution in [0.25, 0.3) is 0 Å². The normalized spacial score (nSPS) is 33.9. The molecular weight excluding hydrogens is 294 g/mol. The summed E-state index contributed by atoms with van der Waals surface area (Å²) in [6, 6.07) is 0. The number of amides is 1. The second-order valence-corrected chi connectivity index (χ2v) is 8.42. The van der Waals surface area contributed by atoms with Crippen LogP contribution in [0.4, 0.5) is 0 Å². The van der Waals surface area contributed by atoms with Crippen molar-refractivity contribution in [1.29, 1.82) is 0 Å². The number of nitrogens with zero attached hydrogens (tertiary/aromatic N) is 3. The summed E-state index contributed by atoms with van der Waals surface area (Å²) in [5.41, 5.74) is 0. The zero-order valence-corrected chi connectivity index (χ0v) is 13.4. The van der Waals surface area contributed by atoms with Gasteiger partial charge in [0.25, 0.3) is 10.2 Å². The fourth-order valence-electron chi connectivity index (χ4n) is 3.47. The first-order valence-corrected chi connectivity index (χ1v) is 8.91. The lowest BCUT2D eigenvalue weighted by molar-refractivity contribution is -0.136. The third kappa shape index (κ3) is 2.69. The fraction of sp³-hybridized carbons (Fsp3) is 0.923. The van der Waals surface area contributed by atoms with Crippen molar-refractivity contribution in [2.24, 2.45) is 5.92 Å². The molecule has 3 fully saturated rings. The van der Waals surface area contributed by atoms with Crippen LogP contribution in [0.3, 0.4) is 0 Å². The summed E-state index contributed by atoms with van der Waals surface area (Å²) in [4.78, 5) is 14.5. The van der Waals surface area contributed by atoms with Gasteiger partial charge in [-0.25, -0.2) is 0 Å². The number of likely N-dealkylation sites (tertiary alicyclic amines) is 1. The summed E-state index contributed by atoms with van der Waals surface area (Å²) in [6.07, 6.45) is 2.31. The minimum absolute atomic E-state index is 0.143. The van der Waals surface area contributed by atoms with Crippen molar-refractivity contribution in [3.63, 3.8) is 0 Å². The van der Waals surface area contributed by atoms with E-state index in [-0.39, 0.29) is 30.6 Å². The van der Waals surface area contributed by atoms with Gasteiger partial charge in [-0.05, 0) is 19.3 Å². The molecule has 0 aliphatic carbocycles. The minimum Gasteiger partial charge on any atom is -0.371 e. The molecule has 0 saturated carbocycles. The van der Waals surface area contributed by atoms with E-state index < -0.39 is 10.2 Å². The van der Waals surface area contributed by atoms with Gasteiger partial charge in [0.15, 0.2) is 0 Å². The molecule has 3 heterocycles. The van der Waals surface area contributed by atoms with Crippen LogP contribution >= 0.6 is 0 Å². The van der Waals surface area contributed by atoms with Crippen LogP contribution in [-0.2, 0) is 19.7 Å². The van der Waals surface area contributed by atoms with Crippen molar-refractivity contribution >= 4 is 16.1 Å². The van der Waals surface area contributed by atoms with Crippen molar-refractivity contribution in [2.75, 3.05) is 40.3 Å². The molecule has 0 aromatic carbocycles. The molecule has 0 unspecified atom stereocenters. The molecule has 0 N–H and O–H groups in total. The Hall–Kier alpha value is -0.700. The van der Waals surface area contributed by atoms with Gasteiger partial charge in [0.2, 0.25) is 5.91 Å². The molecular formula is C13H23N3O4S. The third-order valence-corrected chi connectivity index (χ3v) is 6.52. The number of morpholine rings is 1. The number of carbonyl (C=O) groups is 1. The van der Waals surface area contributed by atoms with Gasteiger partial charge in [-0.15, -0.1) is 0 Å². The van der Waals surface area contributed by atoms with Crippen molar-refractivity contribution in [3.05, 3.63) is 0 Å². The molecule has 3 saturated heterocycles. The van der Waals surface area contributed by atoms with E-state index in [9.17, 15) is 13.2 Å². The zero-order chi connectivity index (χ0) is 15.2. The highest BCUT2D eigenvalue weighted by Crippen LogP contribution is 2.35. The first-order chi connectivity index (χ1) is 9.89. The van der Waals surface area contributed by atoms with E-state index in [1.165, 1.54) is 22.7 Å². The maximum Gasteiger partial charge on any atom is 0.281 e. The van der Waals surface area contributed by atoms with Crippen molar-refractivity contribution < 1.29 is 17.9 Å². The van der Waals surface area contributed by atoms with E-state index in [0.717, 1.165) is 25.9 Å². The van der Waals surface area contributed by atoms with E-state index in [1.54, 1.807) is 0 Å². The molecule has 2 bridgehead atoms. The Bertz CT molecular complexity index is 516. The van der Waals surface area contributed by atoms with Crippen molar-refractivity contribution in [2.45, 2.75) is 31.5 Å². The van der Waals surface area contributed by atoms with Crippen LogP contribution < -0.4 is 0 Å². The molecule has 0 aromatic heterocycles. The van der Waals surface area contributed by atoms with E-state index in [0.29, 0.717) is 13.0 Å². The Morgan fingerprint density at radius 2 is 1.86 bits per heavy atom. The number of fused-ring (bicyclic) bond motifs is 2. The second kappa shape index (κ2) is 5.49. The van der Waals surface area contributed by atoms with E-state index in [4.69, 9.17) is 4.74 Å². The molecule has 21 heavy (non-hydrogen) atoms. The summed E-state index contributed by atoms with van der Waals surface area (Å²) in [7, 11) is -0.377. The van der Waals surface area contributed by atoms with Crippen LogP contribution in [0.5, 0.6) is 0 Å². The molecule has 0 aromatic rings. The highest BCUT2D eigenvalue weighted by atomic mass is 32.2. The number of hydrogen-bond donors (Lipinski definition) is 0. The van der Waals surface area contributed by atoms with Crippen LogP contribution in [0.1, 0.15) is 19.3 Å². The number of ether oxygens (including phenoxy) is 1. The smallest absolute Gasteiger partial charge is 0.281 e. The summed E-state index contributed by atoms with van der Waals surface area (Å²) < 4.78 is 33.0. The lowest BCUT2D eigenvalue weighted by Crippen LogP contribution is -2.51. The summed E-state index contributed by atoms with van der Waals surface area (Å²) in [5, 5.41) is 0. The standard InChI is InChI=1S/C13H23N3O4S/c1-14(2)21(18,19)16-8-10-7-11(12(9-16)20-10)13(17)15-5-3-4-6-15/h10-12H,3-9H2,1-2H3/t10-,11+,12-/m0/s1. The topological polar surface area (TPSA) is 70.2 Å². The van der Waals surface area contributed by atoms with Gasteiger partial charge in [0.05, 0.1) is 18.1 Å². The molecule has 3 atom stereocenters. The zero-order valence-electron chi connectivity index (χ0n) is 12.6. The molecule has 3 aliphatic rings. The predicted molar refractivity (Wildman–Crippen MR) is 76.8 cm³/mol. The van der Waals surface area contributed by atoms with Gasteiger partial charge < -0.3 is 9.64 Å². The third-order valence-electron chi connectivity index (χ3n) is 4.65. The molecule has 7 nitrogen and oxygen atoms in total. The molecule has 0 spiro atoms. The fourth-order valence-corrected chi connectivity index (χ4v) is 4.63. The summed E-state index contributed by atoms with van der Waals surface area (Å²) in [5.74, 6) is -0.0421. The van der Waals surface area contributed by atoms with Crippen molar-refractivity contribution in [1.82, 2.24) is 13.5 Å². The van der Waals surface area contributed by atoms with E-state index in [1.807, 2.05) is 4.90 Å². The second-order valence-electron chi connectivity index (χ2n) is 6.28. The van der Waals surface area contributed by atoms with Gasteiger partial charge in [-0.3, -0.25) is 4.79 Å². The van der Waals surface area contributed by atoms with Gasteiger partial charge >= 0.3 is 0 Å². The SMILES string of the molecule is CN(C)S(=O)(=O)N1C[C@@H]2C[C@@H](C(=O)N3CCCC3)[C@H](C1)O2. The quantitative estimate of drug-likeness (QED) is 0.704. The lowest BCUT2D eigenvalue weighted by atomic mass is 9.99. The first-order valence-electron chi connectivity index (χ1n) is 7.51. The first kappa shape index (κ1) is 15.2. The Labute approximate surface area is 126 Å². The van der Waals surface area contributed by atoms with Gasteiger partial charge in [0, 0.05) is 40.3 Å². The average Bonchev–Trinajstić information content (AvgIpc) is 3.06. The minimum atomic E-state index is -3.43. The largest absolute Gasteiger partial charge is 0.371 e. The maximum absolute atomic E-state index is 12.5. The molecule has 0 radical (unpaired) electrons. The highest BCUT2D eigenvalue weighted by Gasteiger charge is 2.48. The number of carbonyl (C=O) groups excluding carboxylic acids is 1. The summed E-state index contributed by atoms with van der Waals surface area (Å²) in [6.45, 7) is 2.28. The molecule has 1 amide bonds. The van der Waals surface area contributed by atoms with Gasteiger partial charge in [-0.1, -0.05) is 0 Å². The predicted octanol–water partition coefficient (Wildman–Crippen LogP) is -0.495. The van der Waals surface area contributed by atoms with Crippen LogP contribution in [0.15, 0.2) is 0 Å². The Morgan fingerprint density at radius 1 is 1.19 bits per heavy atom. The van der Waals surface area contributed by atoms with E-state index in [2.05, 4.69) is 0 Å².